The number of anilines is 1. The number of aryl methyl sites for hydroxylation is 1. The fourth-order valence-electron chi connectivity index (χ4n) is 1.44. The van der Waals surface area contributed by atoms with E-state index in [4.69, 9.17) is 18.0 Å². The smallest absolute Gasteiger partial charge is 0.237 e. The topological polar surface area (TPSA) is 55.1 Å². The van der Waals surface area contributed by atoms with E-state index in [-0.39, 0.29) is 16.6 Å². The molecule has 1 rings (SSSR count). The number of benzene rings is 1. The van der Waals surface area contributed by atoms with E-state index in [0.717, 1.165) is 5.56 Å². The van der Waals surface area contributed by atoms with Crippen molar-refractivity contribution in [2.45, 2.75) is 27.2 Å². The summed E-state index contributed by atoms with van der Waals surface area (Å²) in [6.07, 6.45) is 0.460. The highest BCUT2D eigenvalue weighted by Crippen LogP contribution is 2.25. The van der Waals surface area contributed by atoms with Crippen LogP contribution in [0.2, 0.25) is 0 Å². The van der Waals surface area contributed by atoms with Crippen molar-refractivity contribution < 1.29 is 9.18 Å². The number of halogens is 1. The molecule has 1 aromatic carbocycles. The third kappa shape index (κ3) is 2.85. The average molecular weight is 268 g/mol. The molecule has 98 valence electrons. The Morgan fingerprint density at radius 2 is 2.17 bits per heavy atom. The molecule has 0 spiro atoms. The molecule has 0 saturated carbocycles. The van der Waals surface area contributed by atoms with Crippen LogP contribution < -0.4 is 11.1 Å². The van der Waals surface area contributed by atoms with Gasteiger partial charge in [0.05, 0.1) is 16.1 Å². The third-order valence-corrected chi connectivity index (χ3v) is 3.57. The van der Waals surface area contributed by atoms with Gasteiger partial charge in [-0.25, -0.2) is 4.39 Å². The lowest BCUT2D eigenvalue weighted by Gasteiger charge is -2.25. The predicted octanol–water partition coefficient (Wildman–Crippen LogP) is 2.78. The number of nitrogens with one attached hydrogen (secondary N) is 1. The first kappa shape index (κ1) is 14.6. The minimum Gasteiger partial charge on any atom is -0.392 e. The van der Waals surface area contributed by atoms with Crippen molar-refractivity contribution >= 4 is 28.8 Å². The van der Waals surface area contributed by atoms with Gasteiger partial charge in [-0.3, -0.25) is 4.79 Å². The molecular formula is C13H17FN2OS. The first-order chi connectivity index (χ1) is 8.31. The molecule has 3 nitrogen and oxygen atoms in total. The first-order valence-electron chi connectivity index (χ1n) is 5.68. The van der Waals surface area contributed by atoms with E-state index in [1.807, 2.05) is 13.8 Å². The van der Waals surface area contributed by atoms with E-state index in [1.165, 1.54) is 6.07 Å². The maximum Gasteiger partial charge on any atom is 0.237 e. The van der Waals surface area contributed by atoms with Crippen molar-refractivity contribution in [3.63, 3.8) is 0 Å². The summed E-state index contributed by atoms with van der Waals surface area (Å²) in [6.45, 7) is 5.28. The van der Waals surface area contributed by atoms with Crippen LogP contribution in [0.4, 0.5) is 10.1 Å². The highest BCUT2D eigenvalue weighted by Gasteiger charge is 2.34. The van der Waals surface area contributed by atoms with Gasteiger partial charge in [0.25, 0.3) is 0 Å². The Kier molecular flexibility index (Phi) is 4.40. The summed E-state index contributed by atoms with van der Waals surface area (Å²) in [5.74, 6) is -0.864. The van der Waals surface area contributed by atoms with Crippen molar-refractivity contribution in [3.05, 3.63) is 29.6 Å². The van der Waals surface area contributed by atoms with Crippen molar-refractivity contribution in [2.75, 3.05) is 5.32 Å². The highest BCUT2D eigenvalue weighted by molar-refractivity contribution is 7.80. The van der Waals surface area contributed by atoms with Gasteiger partial charge < -0.3 is 11.1 Å². The molecule has 0 aliphatic rings. The predicted molar refractivity (Wildman–Crippen MR) is 75.0 cm³/mol. The van der Waals surface area contributed by atoms with Crippen molar-refractivity contribution in [2.24, 2.45) is 11.1 Å². The molecule has 1 amide bonds. The Bertz CT molecular complexity index is 490. The first-order valence-corrected chi connectivity index (χ1v) is 6.09. The molecule has 3 N–H and O–H groups in total. The van der Waals surface area contributed by atoms with E-state index in [1.54, 1.807) is 19.1 Å². The molecule has 0 heterocycles. The second-order valence-electron chi connectivity index (χ2n) is 4.49. The maximum atomic E-state index is 13.5. The zero-order valence-electron chi connectivity index (χ0n) is 10.7. The Hall–Kier alpha value is -1.49. The van der Waals surface area contributed by atoms with Crippen molar-refractivity contribution in [1.29, 1.82) is 0 Å². The Labute approximate surface area is 112 Å². The summed E-state index contributed by atoms with van der Waals surface area (Å²) in [7, 11) is 0. The molecule has 0 bridgehead atoms. The average Bonchev–Trinajstić information content (AvgIpc) is 2.32. The van der Waals surface area contributed by atoms with E-state index >= 15 is 0 Å². The lowest BCUT2D eigenvalue weighted by atomic mass is 9.86. The summed E-state index contributed by atoms with van der Waals surface area (Å²) in [6, 6.07) is 4.52. The van der Waals surface area contributed by atoms with Gasteiger partial charge >= 0.3 is 0 Å². The molecule has 1 aromatic rings. The van der Waals surface area contributed by atoms with E-state index in [9.17, 15) is 9.18 Å². The standard InChI is InChI=1S/C13H17FN2OS/c1-4-13(3,11(15)18)12(17)16-10-7-8(2)5-6-9(10)14/h5-7H,4H2,1-3H3,(H2,15,18)(H,16,17). The molecular weight excluding hydrogens is 251 g/mol. The number of carbonyl (C=O) groups excluding carboxylic acids is 1. The van der Waals surface area contributed by atoms with Crippen molar-refractivity contribution in [3.8, 4) is 0 Å². The summed E-state index contributed by atoms with van der Waals surface area (Å²) in [5, 5.41) is 2.54. The van der Waals surface area contributed by atoms with Gasteiger partial charge in [0.1, 0.15) is 5.82 Å². The van der Waals surface area contributed by atoms with Gasteiger partial charge in [-0.1, -0.05) is 25.2 Å². The summed E-state index contributed by atoms with van der Waals surface area (Å²) < 4.78 is 13.5. The Balaban J connectivity index is 3.00. The summed E-state index contributed by atoms with van der Waals surface area (Å²) in [5.41, 5.74) is 5.62. The number of rotatable bonds is 4. The summed E-state index contributed by atoms with van der Waals surface area (Å²) >= 11 is 4.90. The molecule has 1 unspecified atom stereocenters. The molecule has 0 saturated heterocycles. The largest absolute Gasteiger partial charge is 0.392 e. The highest BCUT2D eigenvalue weighted by atomic mass is 32.1. The minimum absolute atomic E-state index is 0.107. The van der Waals surface area contributed by atoms with Crippen LogP contribution in [0, 0.1) is 18.2 Å². The molecule has 1 atom stereocenters. The number of nitrogens with two attached hydrogens (primary N) is 1. The molecule has 18 heavy (non-hydrogen) atoms. The number of carbonyl (C=O) groups is 1. The normalized spacial score (nSPS) is 13.8. The third-order valence-electron chi connectivity index (χ3n) is 3.12. The van der Waals surface area contributed by atoms with E-state index in [0.29, 0.717) is 6.42 Å². The fraction of sp³-hybridized carbons (Fsp3) is 0.385. The second kappa shape index (κ2) is 5.44. The van der Waals surface area contributed by atoms with Crippen LogP contribution in [0.1, 0.15) is 25.8 Å². The van der Waals surface area contributed by atoms with Crippen LogP contribution in [-0.4, -0.2) is 10.9 Å². The molecule has 0 aliphatic carbocycles. The zero-order chi connectivity index (χ0) is 13.9. The fourth-order valence-corrected chi connectivity index (χ4v) is 1.68. The quantitative estimate of drug-likeness (QED) is 0.826. The van der Waals surface area contributed by atoms with Crippen LogP contribution in [0.5, 0.6) is 0 Å². The maximum absolute atomic E-state index is 13.5. The van der Waals surface area contributed by atoms with Gasteiger partial charge in [-0.15, -0.1) is 0 Å². The van der Waals surface area contributed by atoms with Gasteiger partial charge in [-0.2, -0.15) is 0 Å². The lowest BCUT2D eigenvalue weighted by molar-refractivity contribution is -0.121. The van der Waals surface area contributed by atoms with Crippen molar-refractivity contribution in [1.82, 2.24) is 0 Å². The Morgan fingerprint density at radius 3 is 2.67 bits per heavy atom. The second-order valence-corrected chi connectivity index (χ2v) is 4.93. The van der Waals surface area contributed by atoms with Gasteiger partial charge in [-0.05, 0) is 38.0 Å². The molecule has 0 aliphatic heterocycles. The van der Waals surface area contributed by atoms with Crippen LogP contribution in [0.15, 0.2) is 18.2 Å². The number of amides is 1. The van der Waals surface area contributed by atoms with Gasteiger partial charge in [0.15, 0.2) is 0 Å². The lowest BCUT2D eigenvalue weighted by Crippen LogP contribution is -2.43. The van der Waals surface area contributed by atoms with Crippen LogP contribution >= 0.6 is 12.2 Å². The monoisotopic (exact) mass is 268 g/mol. The molecule has 0 aromatic heterocycles. The Morgan fingerprint density at radius 1 is 1.56 bits per heavy atom. The number of hydrogen-bond acceptors (Lipinski definition) is 2. The molecule has 0 radical (unpaired) electrons. The van der Waals surface area contributed by atoms with E-state index in [2.05, 4.69) is 5.32 Å². The van der Waals surface area contributed by atoms with Crippen LogP contribution in [0.25, 0.3) is 0 Å². The molecule has 0 fully saturated rings. The number of thiocarbonyl (C=S) groups is 1. The van der Waals surface area contributed by atoms with Gasteiger partial charge in [0, 0.05) is 0 Å². The van der Waals surface area contributed by atoms with E-state index < -0.39 is 11.2 Å². The van der Waals surface area contributed by atoms with Crippen LogP contribution in [-0.2, 0) is 4.79 Å². The molecule has 5 heteroatoms. The minimum atomic E-state index is -0.967. The van der Waals surface area contributed by atoms with Gasteiger partial charge in [0.2, 0.25) is 5.91 Å². The van der Waals surface area contributed by atoms with Crippen LogP contribution in [0.3, 0.4) is 0 Å². The summed E-state index contributed by atoms with van der Waals surface area (Å²) in [4.78, 5) is 12.2. The number of hydrogen-bond donors (Lipinski definition) is 2. The zero-order valence-corrected chi connectivity index (χ0v) is 11.5. The SMILES string of the molecule is CCC(C)(C(=O)Nc1cc(C)ccc1F)C(N)=S.